The molecule has 0 saturated carbocycles. The minimum absolute atomic E-state index is 0.685. The van der Waals surface area contributed by atoms with Crippen LogP contribution in [0.3, 0.4) is 0 Å². The predicted molar refractivity (Wildman–Crippen MR) is 57.5 cm³/mol. The van der Waals surface area contributed by atoms with Crippen molar-refractivity contribution >= 4 is 0 Å². The first-order valence-electron chi connectivity index (χ1n) is 5.96. The summed E-state index contributed by atoms with van der Waals surface area (Å²) in [5, 5.41) is 3.49. The van der Waals surface area contributed by atoms with Crippen LogP contribution in [0.1, 0.15) is 26.2 Å². The Kier molecular flexibility index (Phi) is 3.79. The maximum absolute atomic E-state index is 5.47. The van der Waals surface area contributed by atoms with Crippen LogP contribution >= 0.6 is 0 Å². The maximum atomic E-state index is 5.47. The van der Waals surface area contributed by atoms with Gasteiger partial charge in [-0.25, -0.2) is 0 Å². The predicted octanol–water partition coefficient (Wildman–Crippen LogP) is 0.849. The normalized spacial score (nSPS) is 33.9. The SMILES string of the molecule is CCN(C1CCCNC1)C1CCOC1. The molecule has 0 aromatic heterocycles. The summed E-state index contributed by atoms with van der Waals surface area (Å²) in [4.78, 5) is 2.64. The summed E-state index contributed by atoms with van der Waals surface area (Å²) in [6, 6.07) is 1.44. The molecule has 2 aliphatic rings. The molecule has 0 radical (unpaired) electrons. The van der Waals surface area contributed by atoms with Crippen molar-refractivity contribution in [1.29, 1.82) is 0 Å². The molecule has 2 atom stereocenters. The van der Waals surface area contributed by atoms with Crippen LogP contribution in [-0.4, -0.2) is 49.8 Å². The van der Waals surface area contributed by atoms with Crippen molar-refractivity contribution in [3.8, 4) is 0 Å². The van der Waals surface area contributed by atoms with E-state index >= 15 is 0 Å². The Morgan fingerprint density at radius 1 is 1.36 bits per heavy atom. The highest BCUT2D eigenvalue weighted by Gasteiger charge is 2.28. The minimum atomic E-state index is 0.685. The fourth-order valence-corrected chi connectivity index (χ4v) is 2.71. The topological polar surface area (TPSA) is 24.5 Å². The number of nitrogens with zero attached hydrogens (tertiary/aromatic N) is 1. The molecular weight excluding hydrogens is 176 g/mol. The van der Waals surface area contributed by atoms with Gasteiger partial charge in [0.25, 0.3) is 0 Å². The van der Waals surface area contributed by atoms with Gasteiger partial charge in [0.05, 0.1) is 6.61 Å². The molecule has 2 heterocycles. The van der Waals surface area contributed by atoms with Gasteiger partial charge in [0.1, 0.15) is 0 Å². The van der Waals surface area contributed by atoms with Crippen LogP contribution in [0.25, 0.3) is 0 Å². The van der Waals surface area contributed by atoms with Crippen molar-refractivity contribution in [3.05, 3.63) is 0 Å². The van der Waals surface area contributed by atoms with E-state index in [-0.39, 0.29) is 0 Å². The number of nitrogens with one attached hydrogen (secondary N) is 1. The third kappa shape index (κ3) is 2.27. The summed E-state index contributed by atoms with van der Waals surface area (Å²) in [5.41, 5.74) is 0. The second-order valence-corrected chi connectivity index (χ2v) is 4.35. The molecule has 3 nitrogen and oxygen atoms in total. The molecule has 14 heavy (non-hydrogen) atoms. The molecule has 2 unspecified atom stereocenters. The van der Waals surface area contributed by atoms with Crippen LogP contribution < -0.4 is 5.32 Å². The van der Waals surface area contributed by atoms with Gasteiger partial charge >= 0.3 is 0 Å². The van der Waals surface area contributed by atoms with E-state index in [0.717, 1.165) is 19.3 Å². The molecule has 2 fully saturated rings. The monoisotopic (exact) mass is 198 g/mol. The molecular formula is C11H22N2O. The van der Waals surface area contributed by atoms with Gasteiger partial charge < -0.3 is 10.1 Å². The van der Waals surface area contributed by atoms with Crippen molar-refractivity contribution in [2.45, 2.75) is 38.3 Å². The standard InChI is InChI=1S/C11H22N2O/c1-2-13(11-5-7-14-9-11)10-4-3-6-12-8-10/h10-12H,2-9H2,1H3. The van der Waals surface area contributed by atoms with Crippen LogP contribution in [0.4, 0.5) is 0 Å². The molecule has 3 heteroatoms. The largest absolute Gasteiger partial charge is 0.380 e. The number of hydrogen-bond acceptors (Lipinski definition) is 3. The number of piperidine rings is 1. The van der Waals surface area contributed by atoms with Gasteiger partial charge in [-0.15, -0.1) is 0 Å². The van der Waals surface area contributed by atoms with Gasteiger partial charge in [-0.1, -0.05) is 6.92 Å². The van der Waals surface area contributed by atoms with Gasteiger partial charge in [-0.3, -0.25) is 4.90 Å². The molecule has 0 aromatic rings. The second-order valence-electron chi connectivity index (χ2n) is 4.35. The number of ether oxygens (including phenoxy) is 1. The quantitative estimate of drug-likeness (QED) is 0.727. The van der Waals surface area contributed by atoms with Crippen LogP contribution in [0.2, 0.25) is 0 Å². The Bertz CT molecular complexity index is 163. The van der Waals surface area contributed by atoms with E-state index in [1.54, 1.807) is 0 Å². The molecule has 2 saturated heterocycles. The van der Waals surface area contributed by atoms with E-state index in [1.807, 2.05) is 0 Å². The Morgan fingerprint density at radius 3 is 2.86 bits per heavy atom. The van der Waals surface area contributed by atoms with Gasteiger partial charge in [0.2, 0.25) is 0 Å². The third-order valence-electron chi connectivity index (χ3n) is 3.48. The lowest BCUT2D eigenvalue weighted by molar-refractivity contribution is 0.0993. The highest BCUT2D eigenvalue weighted by atomic mass is 16.5. The zero-order chi connectivity index (χ0) is 9.80. The van der Waals surface area contributed by atoms with Crippen molar-refractivity contribution in [2.24, 2.45) is 0 Å². The van der Waals surface area contributed by atoms with Crippen molar-refractivity contribution < 1.29 is 4.74 Å². The van der Waals surface area contributed by atoms with Gasteiger partial charge in [0, 0.05) is 25.2 Å². The molecule has 1 N–H and O–H groups in total. The van der Waals surface area contributed by atoms with E-state index < -0.39 is 0 Å². The highest BCUT2D eigenvalue weighted by molar-refractivity contribution is 4.84. The lowest BCUT2D eigenvalue weighted by atomic mass is 10.0. The summed E-state index contributed by atoms with van der Waals surface area (Å²) in [5.74, 6) is 0. The fraction of sp³-hybridized carbons (Fsp3) is 1.00. The molecule has 2 aliphatic heterocycles. The maximum Gasteiger partial charge on any atom is 0.0622 e. The summed E-state index contributed by atoms with van der Waals surface area (Å²) < 4.78 is 5.47. The van der Waals surface area contributed by atoms with Gasteiger partial charge in [-0.2, -0.15) is 0 Å². The highest BCUT2D eigenvalue weighted by Crippen LogP contribution is 2.18. The zero-order valence-corrected chi connectivity index (χ0v) is 9.17. The summed E-state index contributed by atoms with van der Waals surface area (Å²) in [7, 11) is 0. The molecule has 0 spiro atoms. The third-order valence-corrected chi connectivity index (χ3v) is 3.48. The van der Waals surface area contributed by atoms with Crippen molar-refractivity contribution in [1.82, 2.24) is 10.2 Å². The van der Waals surface area contributed by atoms with E-state index in [4.69, 9.17) is 4.74 Å². The summed E-state index contributed by atoms with van der Waals surface area (Å²) >= 11 is 0. The Labute approximate surface area is 86.8 Å². The van der Waals surface area contributed by atoms with E-state index in [0.29, 0.717) is 6.04 Å². The van der Waals surface area contributed by atoms with E-state index in [9.17, 15) is 0 Å². The lowest BCUT2D eigenvalue weighted by Crippen LogP contribution is -2.50. The molecule has 82 valence electrons. The Balaban J connectivity index is 1.89. The van der Waals surface area contributed by atoms with Crippen LogP contribution in [0.15, 0.2) is 0 Å². The number of likely N-dealkylation sites (N-methyl/N-ethyl adjacent to an activating group) is 1. The van der Waals surface area contributed by atoms with Gasteiger partial charge in [-0.05, 0) is 32.4 Å². The first-order valence-corrected chi connectivity index (χ1v) is 5.96. The zero-order valence-electron chi connectivity index (χ0n) is 9.17. The fourth-order valence-electron chi connectivity index (χ4n) is 2.71. The number of hydrogen-bond donors (Lipinski definition) is 1. The number of rotatable bonds is 3. The molecule has 0 aliphatic carbocycles. The van der Waals surface area contributed by atoms with Crippen LogP contribution in [0.5, 0.6) is 0 Å². The van der Waals surface area contributed by atoms with Crippen molar-refractivity contribution in [3.63, 3.8) is 0 Å². The first kappa shape index (κ1) is 10.4. The van der Waals surface area contributed by atoms with Crippen LogP contribution in [0, 0.1) is 0 Å². The minimum Gasteiger partial charge on any atom is -0.380 e. The molecule has 0 bridgehead atoms. The van der Waals surface area contributed by atoms with E-state index in [1.165, 1.54) is 38.9 Å². The molecule has 0 aromatic carbocycles. The lowest BCUT2D eigenvalue weighted by Gasteiger charge is -2.37. The second kappa shape index (κ2) is 5.10. The summed E-state index contributed by atoms with van der Waals surface area (Å²) in [6.07, 6.45) is 3.91. The summed E-state index contributed by atoms with van der Waals surface area (Å²) in [6.45, 7) is 7.72. The van der Waals surface area contributed by atoms with E-state index in [2.05, 4.69) is 17.1 Å². The van der Waals surface area contributed by atoms with Crippen LogP contribution in [-0.2, 0) is 4.74 Å². The smallest absolute Gasteiger partial charge is 0.0622 e. The molecule has 0 amide bonds. The average Bonchev–Trinajstić information content (AvgIpc) is 2.74. The average molecular weight is 198 g/mol. The first-order chi connectivity index (χ1) is 6.92. The Morgan fingerprint density at radius 2 is 2.29 bits per heavy atom. The van der Waals surface area contributed by atoms with Gasteiger partial charge in [0.15, 0.2) is 0 Å². The Hall–Kier alpha value is -0.120. The molecule has 2 rings (SSSR count). The van der Waals surface area contributed by atoms with Crippen molar-refractivity contribution in [2.75, 3.05) is 32.8 Å².